The molecule has 0 spiro atoms. The number of sulfonamides is 1. The Labute approximate surface area is 157 Å². The van der Waals surface area contributed by atoms with Gasteiger partial charge < -0.3 is 10.4 Å². The molecule has 0 aromatic heterocycles. The molecule has 0 heterocycles. The van der Waals surface area contributed by atoms with E-state index in [1.165, 1.54) is 7.05 Å². The lowest BCUT2D eigenvalue weighted by atomic mass is 10.1. The molecule has 1 amide bonds. The van der Waals surface area contributed by atoms with Gasteiger partial charge in [0.25, 0.3) is 5.91 Å². The van der Waals surface area contributed by atoms with E-state index < -0.39 is 10.0 Å². The molecule has 0 fully saturated rings. The van der Waals surface area contributed by atoms with Crippen molar-refractivity contribution in [2.24, 2.45) is 0 Å². The van der Waals surface area contributed by atoms with Gasteiger partial charge in [0.15, 0.2) is 0 Å². The van der Waals surface area contributed by atoms with Crippen molar-refractivity contribution in [3.8, 4) is 5.75 Å². The van der Waals surface area contributed by atoms with Gasteiger partial charge in [-0.25, -0.2) is 13.1 Å². The van der Waals surface area contributed by atoms with E-state index in [1.54, 1.807) is 36.4 Å². The number of hydrogen-bond acceptors (Lipinski definition) is 4. The first-order valence-corrected chi connectivity index (χ1v) is 10.0. The maximum atomic E-state index is 12.4. The summed E-state index contributed by atoms with van der Waals surface area (Å²) in [7, 11) is -1.94. The fourth-order valence-electron chi connectivity index (χ4n) is 2.73. The van der Waals surface area contributed by atoms with Gasteiger partial charge in [-0.15, -0.1) is 0 Å². The average molecular weight is 384 g/mol. The molecule has 0 saturated carbocycles. The standard InChI is InChI=1S/C20H20N2O4S/c1-21-27(25,26)13-15-8-6-14(7-9-15)12-22-20(24)18-10-16-4-2-3-5-17(16)11-19(18)23/h2-11,21,23H,12-13H2,1H3,(H,22,24). The minimum absolute atomic E-state index is 0.0705. The highest BCUT2D eigenvalue weighted by Gasteiger charge is 2.13. The maximum Gasteiger partial charge on any atom is 0.255 e. The van der Waals surface area contributed by atoms with Crippen molar-refractivity contribution in [2.75, 3.05) is 7.05 Å². The van der Waals surface area contributed by atoms with E-state index in [1.807, 2.05) is 24.3 Å². The highest BCUT2D eigenvalue weighted by Crippen LogP contribution is 2.25. The second kappa shape index (κ2) is 7.77. The molecular weight excluding hydrogens is 364 g/mol. The molecule has 0 atom stereocenters. The molecule has 3 aromatic carbocycles. The summed E-state index contributed by atoms with van der Waals surface area (Å²) < 4.78 is 25.4. The van der Waals surface area contributed by atoms with Crippen molar-refractivity contribution in [1.29, 1.82) is 0 Å². The minimum atomic E-state index is -3.32. The van der Waals surface area contributed by atoms with Crippen molar-refractivity contribution in [2.45, 2.75) is 12.3 Å². The SMILES string of the molecule is CNS(=O)(=O)Cc1ccc(CNC(=O)c2cc3ccccc3cc2O)cc1. The predicted molar refractivity (Wildman–Crippen MR) is 105 cm³/mol. The fraction of sp³-hybridized carbons (Fsp3) is 0.150. The Morgan fingerprint density at radius 1 is 0.963 bits per heavy atom. The zero-order valence-electron chi connectivity index (χ0n) is 14.8. The Morgan fingerprint density at radius 3 is 2.19 bits per heavy atom. The summed E-state index contributed by atoms with van der Waals surface area (Å²) in [4.78, 5) is 12.4. The Balaban J connectivity index is 1.68. The Kier molecular flexibility index (Phi) is 5.43. The Hall–Kier alpha value is -2.90. The van der Waals surface area contributed by atoms with Gasteiger partial charge in [-0.05, 0) is 41.1 Å². The quantitative estimate of drug-likeness (QED) is 0.609. The van der Waals surface area contributed by atoms with Crippen LogP contribution in [0.3, 0.4) is 0 Å². The normalized spacial score (nSPS) is 11.4. The average Bonchev–Trinajstić information content (AvgIpc) is 2.66. The molecule has 0 aliphatic carbocycles. The zero-order chi connectivity index (χ0) is 19.4. The van der Waals surface area contributed by atoms with Crippen LogP contribution >= 0.6 is 0 Å². The molecule has 27 heavy (non-hydrogen) atoms. The lowest BCUT2D eigenvalue weighted by Crippen LogP contribution is -2.23. The van der Waals surface area contributed by atoms with Gasteiger partial charge in [0.2, 0.25) is 10.0 Å². The van der Waals surface area contributed by atoms with Crippen molar-refractivity contribution in [3.63, 3.8) is 0 Å². The van der Waals surface area contributed by atoms with Crippen molar-refractivity contribution in [1.82, 2.24) is 10.0 Å². The number of carbonyl (C=O) groups is 1. The minimum Gasteiger partial charge on any atom is -0.507 e. The third-order valence-electron chi connectivity index (χ3n) is 4.25. The van der Waals surface area contributed by atoms with Crippen LogP contribution < -0.4 is 10.0 Å². The summed E-state index contributed by atoms with van der Waals surface area (Å²) in [5.74, 6) is -0.542. The molecule has 0 aliphatic heterocycles. The molecule has 0 bridgehead atoms. The summed E-state index contributed by atoms with van der Waals surface area (Å²) in [6.45, 7) is 0.268. The maximum absolute atomic E-state index is 12.4. The first kappa shape index (κ1) is 18.9. The van der Waals surface area contributed by atoms with Crippen LogP contribution in [0.25, 0.3) is 10.8 Å². The van der Waals surface area contributed by atoms with Gasteiger partial charge in [0.05, 0.1) is 11.3 Å². The molecule has 0 aliphatic rings. The van der Waals surface area contributed by atoms with Gasteiger partial charge in [0, 0.05) is 6.54 Å². The molecule has 0 saturated heterocycles. The number of aromatic hydroxyl groups is 1. The molecule has 3 aromatic rings. The number of nitrogens with one attached hydrogen (secondary N) is 2. The third kappa shape index (κ3) is 4.64. The number of fused-ring (bicyclic) bond motifs is 1. The molecule has 0 unspecified atom stereocenters. The Bertz CT molecular complexity index is 1080. The summed E-state index contributed by atoms with van der Waals surface area (Å²) in [5.41, 5.74) is 1.70. The van der Waals surface area contributed by atoms with Crippen molar-refractivity contribution >= 4 is 26.7 Å². The molecule has 0 radical (unpaired) electrons. The second-order valence-electron chi connectivity index (χ2n) is 6.18. The number of rotatable bonds is 6. The lowest BCUT2D eigenvalue weighted by molar-refractivity contribution is 0.0948. The molecule has 3 rings (SSSR count). The van der Waals surface area contributed by atoms with Gasteiger partial charge in [-0.3, -0.25) is 4.79 Å². The molecule has 140 valence electrons. The summed E-state index contributed by atoms with van der Waals surface area (Å²) >= 11 is 0. The van der Waals surface area contributed by atoms with E-state index in [-0.39, 0.29) is 29.5 Å². The number of amides is 1. The van der Waals surface area contributed by atoms with Crippen molar-refractivity contribution < 1.29 is 18.3 Å². The number of hydrogen-bond donors (Lipinski definition) is 3. The topological polar surface area (TPSA) is 95.5 Å². The Morgan fingerprint density at radius 2 is 1.56 bits per heavy atom. The lowest BCUT2D eigenvalue weighted by Gasteiger charge is -2.09. The van der Waals surface area contributed by atoms with E-state index in [0.29, 0.717) is 5.56 Å². The van der Waals surface area contributed by atoms with Gasteiger partial charge in [-0.2, -0.15) is 0 Å². The molecular formula is C20H20N2O4S. The van der Waals surface area contributed by atoms with Gasteiger partial charge in [0.1, 0.15) is 5.75 Å². The summed E-state index contributed by atoms with van der Waals surface area (Å²) in [5, 5.41) is 14.6. The van der Waals surface area contributed by atoms with Crippen molar-refractivity contribution in [3.05, 3.63) is 77.4 Å². The number of carbonyl (C=O) groups excluding carboxylic acids is 1. The van der Waals surface area contributed by atoms with E-state index in [9.17, 15) is 18.3 Å². The second-order valence-corrected chi connectivity index (χ2v) is 8.11. The van der Waals surface area contributed by atoms with E-state index in [4.69, 9.17) is 0 Å². The monoisotopic (exact) mass is 384 g/mol. The summed E-state index contributed by atoms with van der Waals surface area (Å²) in [6, 6.07) is 17.7. The highest BCUT2D eigenvalue weighted by atomic mass is 32.2. The molecule has 7 heteroatoms. The summed E-state index contributed by atoms with van der Waals surface area (Å²) in [6.07, 6.45) is 0. The van der Waals surface area contributed by atoms with Crippen LogP contribution in [0.1, 0.15) is 21.5 Å². The smallest absolute Gasteiger partial charge is 0.255 e. The van der Waals surface area contributed by atoms with Crippen LogP contribution in [0.15, 0.2) is 60.7 Å². The molecule has 6 nitrogen and oxygen atoms in total. The number of phenolic OH excluding ortho intramolecular Hbond substituents is 1. The van der Waals surface area contributed by atoms with Crippen LogP contribution in [0.4, 0.5) is 0 Å². The fourth-order valence-corrected chi connectivity index (χ4v) is 3.51. The zero-order valence-corrected chi connectivity index (χ0v) is 15.6. The number of benzene rings is 3. The van der Waals surface area contributed by atoms with E-state index >= 15 is 0 Å². The van der Waals surface area contributed by atoms with Gasteiger partial charge in [-0.1, -0.05) is 48.5 Å². The molecule has 3 N–H and O–H groups in total. The van der Waals surface area contributed by atoms with Crippen LogP contribution in [0.2, 0.25) is 0 Å². The van der Waals surface area contributed by atoms with Gasteiger partial charge >= 0.3 is 0 Å². The largest absolute Gasteiger partial charge is 0.507 e. The van der Waals surface area contributed by atoms with E-state index in [2.05, 4.69) is 10.0 Å². The third-order valence-corrected chi connectivity index (χ3v) is 5.59. The van der Waals surface area contributed by atoms with Crippen LogP contribution in [-0.4, -0.2) is 26.5 Å². The number of phenols is 1. The van der Waals surface area contributed by atoms with E-state index in [0.717, 1.165) is 16.3 Å². The van der Waals surface area contributed by atoms with Crippen LogP contribution in [0.5, 0.6) is 5.75 Å². The first-order chi connectivity index (χ1) is 12.9. The van der Waals surface area contributed by atoms with Crippen LogP contribution in [-0.2, 0) is 22.3 Å². The first-order valence-electron chi connectivity index (χ1n) is 8.37. The predicted octanol–water partition coefficient (Wildman–Crippen LogP) is 2.52. The van der Waals surface area contributed by atoms with Crippen LogP contribution in [0, 0.1) is 0 Å². The highest BCUT2D eigenvalue weighted by molar-refractivity contribution is 7.88.